The van der Waals surface area contributed by atoms with Gasteiger partial charge in [-0.15, -0.1) is 12.4 Å². The Morgan fingerprint density at radius 1 is 1.47 bits per heavy atom. The maximum atomic E-state index is 12.2. The lowest BCUT2D eigenvalue weighted by atomic mass is 10.0. The van der Waals surface area contributed by atoms with Crippen LogP contribution in [0.4, 0.5) is 0 Å². The zero-order valence-electron chi connectivity index (χ0n) is 12.0. The van der Waals surface area contributed by atoms with Gasteiger partial charge in [-0.05, 0) is 25.2 Å². The quantitative estimate of drug-likeness (QED) is 0.748. The predicted molar refractivity (Wildman–Crippen MR) is 81.6 cm³/mol. The normalized spacial score (nSPS) is 22.8. The van der Waals surface area contributed by atoms with Crippen LogP contribution in [0, 0.1) is 5.92 Å². The van der Waals surface area contributed by atoms with E-state index in [0.717, 1.165) is 32.1 Å². The molecule has 2 unspecified atom stereocenters. The fraction of sp³-hybridized carbons (Fsp3) is 1.00. The summed E-state index contributed by atoms with van der Waals surface area (Å²) in [6.07, 6.45) is 4.93. The number of nitrogens with one attached hydrogen (secondary N) is 1. The second-order valence-corrected chi connectivity index (χ2v) is 7.01. The van der Waals surface area contributed by atoms with Gasteiger partial charge in [-0.3, -0.25) is 0 Å². The zero-order chi connectivity index (χ0) is 13.6. The number of unbranched alkanes of at least 4 members (excludes halogenated alkanes) is 1. The molecule has 1 saturated heterocycles. The van der Waals surface area contributed by atoms with E-state index in [4.69, 9.17) is 5.73 Å². The van der Waals surface area contributed by atoms with Crippen molar-refractivity contribution in [3.8, 4) is 0 Å². The molecule has 0 aromatic heterocycles. The van der Waals surface area contributed by atoms with Gasteiger partial charge in [0.1, 0.15) is 0 Å². The molecule has 19 heavy (non-hydrogen) atoms. The standard InChI is InChI=1S/C12H27N3O2S.ClH/c1-3-4-7-12(9-13)14-18(16,17)15-8-5-6-11(2)10-15;/h11-12,14H,3-10,13H2,1-2H3;1H. The molecule has 5 nitrogen and oxygen atoms in total. The van der Waals surface area contributed by atoms with Gasteiger partial charge >= 0.3 is 0 Å². The molecule has 0 aromatic rings. The van der Waals surface area contributed by atoms with Gasteiger partial charge in [0.15, 0.2) is 0 Å². The van der Waals surface area contributed by atoms with Crippen molar-refractivity contribution >= 4 is 22.6 Å². The van der Waals surface area contributed by atoms with Gasteiger partial charge in [0.25, 0.3) is 10.2 Å². The van der Waals surface area contributed by atoms with Crippen molar-refractivity contribution in [1.82, 2.24) is 9.03 Å². The summed E-state index contributed by atoms with van der Waals surface area (Å²) < 4.78 is 28.8. The van der Waals surface area contributed by atoms with Crippen LogP contribution in [-0.4, -0.2) is 38.4 Å². The van der Waals surface area contributed by atoms with Crippen molar-refractivity contribution in [2.45, 2.75) is 52.0 Å². The maximum Gasteiger partial charge on any atom is 0.279 e. The molecular weight excluding hydrogens is 286 g/mol. The number of hydrogen-bond acceptors (Lipinski definition) is 3. The van der Waals surface area contributed by atoms with Crippen LogP contribution in [0.3, 0.4) is 0 Å². The highest BCUT2D eigenvalue weighted by molar-refractivity contribution is 7.87. The van der Waals surface area contributed by atoms with Crippen LogP contribution in [0.25, 0.3) is 0 Å². The summed E-state index contributed by atoms with van der Waals surface area (Å²) in [5.41, 5.74) is 5.63. The summed E-state index contributed by atoms with van der Waals surface area (Å²) in [6, 6.07) is -0.132. The first-order valence-corrected chi connectivity index (χ1v) is 8.41. The number of nitrogens with zero attached hydrogens (tertiary/aromatic N) is 1. The number of piperidine rings is 1. The Balaban J connectivity index is 0.00000324. The van der Waals surface area contributed by atoms with Crippen molar-refractivity contribution in [3.63, 3.8) is 0 Å². The highest BCUT2D eigenvalue weighted by atomic mass is 35.5. The van der Waals surface area contributed by atoms with E-state index in [0.29, 0.717) is 25.6 Å². The minimum absolute atomic E-state index is 0. The van der Waals surface area contributed by atoms with Crippen molar-refractivity contribution in [2.75, 3.05) is 19.6 Å². The fourth-order valence-electron chi connectivity index (χ4n) is 2.33. The van der Waals surface area contributed by atoms with E-state index in [9.17, 15) is 8.42 Å². The Hall–Kier alpha value is 0.120. The fourth-order valence-corrected chi connectivity index (χ4v) is 3.93. The zero-order valence-corrected chi connectivity index (χ0v) is 13.6. The largest absolute Gasteiger partial charge is 0.329 e. The molecule has 1 rings (SSSR count). The average molecular weight is 314 g/mol. The molecule has 3 N–H and O–H groups in total. The minimum Gasteiger partial charge on any atom is -0.329 e. The number of nitrogens with two attached hydrogens (primary N) is 1. The molecule has 0 spiro atoms. The van der Waals surface area contributed by atoms with E-state index < -0.39 is 10.2 Å². The average Bonchev–Trinajstić information content (AvgIpc) is 2.34. The van der Waals surface area contributed by atoms with Crippen LogP contribution < -0.4 is 10.5 Å². The Morgan fingerprint density at radius 2 is 2.16 bits per heavy atom. The molecule has 1 aliphatic rings. The van der Waals surface area contributed by atoms with Gasteiger partial charge in [-0.2, -0.15) is 17.4 Å². The summed E-state index contributed by atoms with van der Waals surface area (Å²) in [5.74, 6) is 0.447. The van der Waals surface area contributed by atoms with E-state index in [1.807, 2.05) is 0 Å². The lowest BCUT2D eigenvalue weighted by molar-refractivity contribution is 0.276. The first kappa shape index (κ1) is 19.1. The van der Waals surface area contributed by atoms with Crippen molar-refractivity contribution in [1.29, 1.82) is 0 Å². The lowest BCUT2D eigenvalue weighted by Crippen LogP contribution is -2.50. The summed E-state index contributed by atoms with van der Waals surface area (Å²) in [6.45, 7) is 5.81. The van der Waals surface area contributed by atoms with Gasteiger partial charge in [-0.1, -0.05) is 26.7 Å². The molecule has 1 aliphatic heterocycles. The molecule has 1 fully saturated rings. The SMILES string of the molecule is CCCCC(CN)NS(=O)(=O)N1CCCC(C)C1.Cl. The van der Waals surface area contributed by atoms with Gasteiger partial charge < -0.3 is 5.73 Å². The molecule has 2 atom stereocenters. The Kier molecular flexibility index (Phi) is 9.19. The highest BCUT2D eigenvalue weighted by Gasteiger charge is 2.28. The highest BCUT2D eigenvalue weighted by Crippen LogP contribution is 2.18. The maximum absolute atomic E-state index is 12.2. The van der Waals surface area contributed by atoms with Gasteiger partial charge in [0.2, 0.25) is 0 Å². The Morgan fingerprint density at radius 3 is 2.68 bits per heavy atom. The van der Waals surface area contributed by atoms with Gasteiger partial charge in [0, 0.05) is 25.7 Å². The van der Waals surface area contributed by atoms with Gasteiger partial charge in [0.05, 0.1) is 0 Å². The van der Waals surface area contributed by atoms with Crippen molar-refractivity contribution < 1.29 is 8.42 Å². The van der Waals surface area contributed by atoms with Crippen LogP contribution in [0.5, 0.6) is 0 Å². The second-order valence-electron chi connectivity index (χ2n) is 5.30. The molecule has 0 aliphatic carbocycles. The van der Waals surface area contributed by atoms with E-state index >= 15 is 0 Å². The molecule has 0 bridgehead atoms. The summed E-state index contributed by atoms with van der Waals surface area (Å²) >= 11 is 0. The molecule has 0 radical (unpaired) electrons. The monoisotopic (exact) mass is 313 g/mol. The first-order valence-electron chi connectivity index (χ1n) is 6.97. The second kappa shape index (κ2) is 9.13. The number of rotatable bonds is 7. The topological polar surface area (TPSA) is 75.4 Å². The van der Waals surface area contributed by atoms with E-state index in [2.05, 4.69) is 18.6 Å². The minimum atomic E-state index is -3.35. The van der Waals surface area contributed by atoms with E-state index in [-0.39, 0.29) is 18.4 Å². The third-order valence-corrected chi connectivity index (χ3v) is 5.11. The van der Waals surface area contributed by atoms with Crippen LogP contribution in [0.2, 0.25) is 0 Å². The molecule has 1 heterocycles. The van der Waals surface area contributed by atoms with Crippen LogP contribution in [0.1, 0.15) is 46.0 Å². The van der Waals surface area contributed by atoms with E-state index in [1.54, 1.807) is 4.31 Å². The molecule has 116 valence electrons. The predicted octanol–water partition coefficient (Wildman–Crippen LogP) is 1.49. The Bertz CT molecular complexity index is 338. The van der Waals surface area contributed by atoms with Crippen LogP contribution in [0.15, 0.2) is 0 Å². The lowest BCUT2D eigenvalue weighted by Gasteiger charge is -2.31. The summed E-state index contributed by atoms with van der Waals surface area (Å²) in [7, 11) is -3.35. The molecule has 0 saturated carbocycles. The summed E-state index contributed by atoms with van der Waals surface area (Å²) in [5, 5.41) is 0. The van der Waals surface area contributed by atoms with Crippen LogP contribution in [-0.2, 0) is 10.2 Å². The van der Waals surface area contributed by atoms with E-state index in [1.165, 1.54) is 0 Å². The third kappa shape index (κ3) is 6.40. The molecular formula is C12H28ClN3O2S. The molecule has 0 amide bonds. The van der Waals surface area contributed by atoms with Crippen molar-refractivity contribution in [2.24, 2.45) is 11.7 Å². The van der Waals surface area contributed by atoms with Crippen LogP contribution >= 0.6 is 12.4 Å². The first-order chi connectivity index (χ1) is 8.49. The van der Waals surface area contributed by atoms with Gasteiger partial charge in [-0.25, -0.2) is 0 Å². The third-order valence-electron chi connectivity index (χ3n) is 3.47. The smallest absolute Gasteiger partial charge is 0.279 e. The molecule has 0 aromatic carbocycles. The molecule has 7 heteroatoms. The number of hydrogen-bond donors (Lipinski definition) is 2. The Labute approximate surface area is 123 Å². The van der Waals surface area contributed by atoms with Crippen molar-refractivity contribution in [3.05, 3.63) is 0 Å². The number of halogens is 1. The summed E-state index contributed by atoms with van der Waals surface area (Å²) in [4.78, 5) is 0.